The van der Waals surface area contributed by atoms with Crippen LogP contribution in [0.2, 0.25) is 0 Å². The van der Waals surface area contributed by atoms with Crippen LogP contribution in [0.1, 0.15) is 30.0 Å². The molecule has 3 rings (SSSR count). The number of ether oxygens (including phenoxy) is 2. The lowest BCUT2D eigenvalue weighted by molar-refractivity contribution is -0.142. The zero-order valence-electron chi connectivity index (χ0n) is 23.4. The molecule has 0 radical (unpaired) electrons. The van der Waals surface area contributed by atoms with Gasteiger partial charge >= 0.3 is 12.1 Å². The van der Waals surface area contributed by atoms with E-state index in [9.17, 15) is 14.4 Å². The molecule has 0 heterocycles. The third-order valence-electron chi connectivity index (χ3n) is 6.40. The standard InChI is InChI=1S/C31H37N2O6PS/c1-3-38-29(34)19-20-40(41,37-2)28(22-25-15-9-5-10-16-25)33-30(35)27(21-24-13-7-4-8-14-24)32-31(36)39-23-26-17-11-6-12-18-26/h4-18,27-28H,3,19-23H2,1-2H3,(H,32,36)(H,33,35)/t27-,28?,40?/m0/s1. The predicted molar refractivity (Wildman–Crippen MR) is 163 cm³/mol. The number of benzene rings is 3. The number of amides is 2. The molecule has 0 saturated carbocycles. The first-order valence-corrected chi connectivity index (χ1v) is 16.5. The van der Waals surface area contributed by atoms with E-state index in [1.807, 2.05) is 91.0 Å². The van der Waals surface area contributed by atoms with E-state index >= 15 is 0 Å². The van der Waals surface area contributed by atoms with E-state index in [4.69, 9.17) is 25.8 Å². The molecule has 0 aliphatic rings. The van der Waals surface area contributed by atoms with E-state index in [1.165, 1.54) is 7.11 Å². The van der Waals surface area contributed by atoms with Crippen molar-refractivity contribution in [3.05, 3.63) is 108 Å². The molecule has 10 heteroatoms. The normalized spacial score (nSPS) is 13.7. The van der Waals surface area contributed by atoms with Crippen LogP contribution in [0.4, 0.5) is 4.79 Å². The van der Waals surface area contributed by atoms with Gasteiger partial charge in [-0.05, 0) is 30.0 Å². The van der Waals surface area contributed by atoms with Gasteiger partial charge in [0.25, 0.3) is 0 Å². The summed E-state index contributed by atoms with van der Waals surface area (Å²) in [6, 6.07) is 27.4. The predicted octanol–water partition coefficient (Wildman–Crippen LogP) is 5.20. The molecule has 0 aromatic heterocycles. The zero-order chi connectivity index (χ0) is 29.5. The number of hydrogen-bond donors (Lipinski definition) is 2. The third kappa shape index (κ3) is 10.8. The van der Waals surface area contributed by atoms with Gasteiger partial charge in [0, 0.05) is 19.7 Å². The molecule has 2 amide bonds. The third-order valence-corrected chi connectivity index (χ3v) is 10.9. The molecule has 3 aromatic carbocycles. The molecule has 0 bridgehead atoms. The summed E-state index contributed by atoms with van der Waals surface area (Å²) >= 11 is 6.00. The van der Waals surface area contributed by atoms with Gasteiger partial charge in [0.2, 0.25) is 5.91 Å². The second-order valence-corrected chi connectivity index (χ2v) is 14.1. The first-order valence-electron chi connectivity index (χ1n) is 13.5. The largest absolute Gasteiger partial charge is 0.466 e. The van der Waals surface area contributed by atoms with Gasteiger partial charge in [-0.15, -0.1) is 0 Å². The number of hydrogen-bond acceptors (Lipinski definition) is 7. The number of esters is 1. The second kappa shape index (κ2) is 16.7. The summed E-state index contributed by atoms with van der Waals surface area (Å²) in [4.78, 5) is 38.7. The van der Waals surface area contributed by atoms with Gasteiger partial charge in [-0.3, -0.25) is 9.59 Å². The lowest BCUT2D eigenvalue weighted by Gasteiger charge is -2.32. The summed E-state index contributed by atoms with van der Waals surface area (Å²) in [5, 5.41) is 5.80. The van der Waals surface area contributed by atoms with Crippen LogP contribution < -0.4 is 10.6 Å². The lowest BCUT2D eigenvalue weighted by atomic mass is 10.1. The molecule has 0 saturated heterocycles. The molecule has 8 nitrogen and oxygen atoms in total. The maximum Gasteiger partial charge on any atom is 0.408 e. The van der Waals surface area contributed by atoms with Crippen molar-refractivity contribution in [3.63, 3.8) is 0 Å². The van der Waals surface area contributed by atoms with E-state index in [-0.39, 0.29) is 38.2 Å². The van der Waals surface area contributed by atoms with Gasteiger partial charge in [0.15, 0.2) is 0 Å². The molecule has 0 aliphatic carbocycles. The molecule has 41 heavy (non-hydrogen) atoms. The Morgan fingerprint density at radius 3 is 1.85 bits per heavy atom. The first-order chi connectivity index (χ1) is 19.8. The summed E-state index contributed by atoms with van der Waals surface area (Å²) in [5.74, 6) is -1.38. The van der Waals surface area contributed by atoms with E-state index < -0.39 is 30.1 Å². The Kier molecular flexibility index (Phi) is 13.0. The van der Waals surface area contributed by atoms with Crippen molar-refractivity contribution in [1.29, 1.82) is 0 Å². The molecule has 0 spiro atoms. The molecule has 2 unspecified atom stereocenters. The molecular weight excluding hydrogens is 559 g/mol. The van der Waals surface area contributed by atoms with Crippen molar-refractivity contribution in [2.45, 2.75) is 44.6 Å². The monoisotopic (exact) mass is 596 g/mol. The Morgan fingerprint density at radius 1 is 0.780 bits per heavy atom. The maximum atomic E-state index is 13.8. The van der Waals surface area contributed by atoms with Gasteiger partial charge in [0.1, 0.15) is 12.6 Å². The van der Waals surface area contributed by atoms with Crippen molar-refractivity contribution in [2.75, 3.05) is 19.9 Å². The van der Waals surface area contributed by atoms with Crippen LogP contribution in [-0.4, -0.2) is 49.7 Å². The smallest absolute Gasteiger partial charge is 0.408 e. The molecule has 218 valence electrons. The topological polar surface area (TPSA) is 103 Å². The maximum absolute atomic E-state index is 13.8. The highest BCUT2D eigenvalue weighted by Crippen LogP contribution is 2.52. The van der Waals surface area contributed by atoms with Crippen LogP contribution in [0.15, 0.2) is 91.0 Å². The van der Waals surface area contributed by atoms with Crippen molar-refractivity contribution in [2.24, 2.45) is 0 Å². The Bertz CT molecular complexity index is 1290. The molecule has 0 fully saturated rings. The van der Waals surface area contributed by atoms with Crippen LogP contribution >= 0.6 is 6.26 Å². The molecule has 2 N–H and O–H groups in total. The van der Waals surface area contributed by atoms with Gasteiger partial charge in [0.05, 0.1) is 25.1 Å². The average molecular weight is 597 g/mol. The SMILES string of the molecule is CCOC(=O)CCP(=S)(OC)C(Cc1ccccc1)NC(=O)[C@H](Cc1ccccc1)NC(=O)OCc1ccccc1. The van der Waals surface area contributed by atoms with Crippen molar-refractivity contribution in [1.82, 2.24) is 10.6 Å². The van der Waals surface area contributed by atoms with Gasteiger partial charge in [-0.25, -0.2) is 4.79 Å². The van der Waals surface area contributed by atoms with Crippen LogP contribution in [-0.2, 0) is 54.8 Å². The van der Waals surface area contributed by atoms with E-state index in [1.54, 1.807) is 6.92 Å². The molecule has 3 atom stereocenters. The number of rotatable bonds is 15. The van der Waals surface area contributed by atoms with Crippen LogP contribution in [0.25, 0.3) is 0 Å². The van der Waals surface area contributed by atoms with Crippen molar-refractivity contribution >= 4 is 36.0 Å². The number of nitrogens with one attached hydrogen (secondary N) is 2. The summed E-state index contributed by atoms with van der Waals surface area (Å²) in [7, 11) is 1.51. The van der Waals surface area contributed by atoms with Crippen LogP contribution in [0.5, 0.6) is 0 Å². The minimum absolute atomic E-state index is 0.0708. The number of alkyl carbamates (subject to hydrolysis) is 1. The fourth-order valence-corrected chi connectivity index (χ4v) is 6.92. The van der Waals surface area contributed by atoms with E-state index in [2.05, 4.69) is 10.6 Å². The summed E-state index contributed by atoms with van der Waals surface area (Å²) in [5.41, 5.74) is 2.65. The summed E-state index contributed by atoms with van der Waals surface area (Å²) in [6.45, 7) is 2.08. The summed E-state index contributed by atoms with van der Waals surface area (Å²) in [6.07, 6.45) is -2.49. The Labute approximate surface area is 246 Å². The van der Waals surface area contributed by atoms with Crippen LogP contribution in [0, 0.1) is 0 Å². The Morgan fingerprint density at radius 2 is 1.32 bits per heavy atom. The Balaban J connectivity index is 1.81. The minimum atomic E-state index is -2.76. The number of carbonyl (C=O) groups excluding carboxylic acids is 3. The molecule has 3 aromatic rings. The highest BCUT2D eigenvalue weighted by molar-refractivity contribution is 8.12. The summed E-state index contributed by atoms with van der Waals surface area (Å²) < 4.78 is 16.4. The van der Waals surface area contributed by atoms with Crippen molar-refractivity contribution < 1.29 is 28.4 Å². The lowest BCUT2D eigenvalue weighted by Crippen LogP contribution is -2.51. The highest BCUT2D eigenvalue weighted by atomic mass is 32.4. The molecular formula is C31H37N2O6PS. The van der Waals surface area contributed by atoms with Crippen molar-refractivity contribution in [3.8, 4) is 0 Å². The van der Waals surface area contributed by atoms with Gasteiger partial charge in [-0.1, -0.05) is 103 Å². The van der Waals surface area contributed by atoms with Gasteiger partial charge < -0.3 is 24.6 Å². The average Bonchev–Trinajstić information content (AvgIpc) is 3.00. The first kappa shape index (κ1) is 32.0. The number of carbonyl (C=O) groups is 3. The fourth-order valence-electron chi connectivity index (χ4n) is 4.21. The highest BCUT2D eigenvalue weighted by Gasteiger charge is 2.33. The van der Waals surface area contributed by atoms with Crippen LogP contribution in [0.3, 0.4) is 0 Å². The molecule has 0 aliphatic heterocycles. The fraction of sp³-hybridized carbons (Fsp3) is 0.323. The minimum Gasteiger partial charge on any atom is -0.466 e. The quantitative estimate of drug-likeness (QED) is 0.184. The van der Waals surface area contributed by atoms with Gasteiger partial charge in [-0.2, -0.15) is 0 Å². The second-order valence-electron chi connectivity index (χ2n) is 9.35. The van der Waals surface area contributed by atoms with E-state index in [0.717, 1.165) is 16.7 Å². The van der Waals surface area contributed by atoms with E-state index in [0.29, 0.717) is 6.42 Å². The Hall–Kier alpha value is -3.52. The zero-order valence-corrected chi connectivity index (χ0v) is 25.1.